The van der Waals surface area contributed by atoms with Crippen molar-refractivity contribution in [2.24, 2.45) is 5.73 Å². The first-order valence-electron chi connectivity index (χ1n) is 2.08. The summed E-state index contributed by atoms with van der Waals surface area (Å²) in [6.45, 7) is 0.583. The smallest absolute Gasteiger partial charge is 0.550 e. The summed E-state index contributed by atoms with van der Waals surface area (Å²) in [5.74, 6) is -2.30. The van der Waals surface area contributed by atoms with Crippen LogP contribution in [0.2, 0.25) is 0 Å². The second kappa shape index (κ2) is 11.4. The molecule has 0 aromatic rings. The zero-order chi connectivity index (χ0) is 7.86. The minimum atomic E-state index is -1.22. The second-order valence-corrected chi connectivity index (χ2v) is 1.07. The van der Waals surface area contributed by atoms with Crippen LogP contribution in [-0.4, -0.2) is 18.5 Å². The first-order valence-corrected chi connectivity index (χ1v) is 2.08. The third kappa shape index (κ3) is 133. The quantitative estimate of drug-likeness (QED) is 0.477. The molecule has 0 saturated carbocycles. The zero-order valence-corrected chi connectivity index (χ0v) is 6.79. The predicted octanol–water partition coefficient (Wildman–Crippen LogP) is -3.55. The third-order valence-electron chi connectivity index (χ3n) is 0.167. The Kier molecular flexibility index (Phi) is 18.5. The molecule has 0 radical (unpaired) electrons. The Balaban J connectivity index is -0.0000000910. The summed E-state index contributed by atoms with van der Waals surface area (Å²) >= 11 is 0. The number of carboxylic acids is 2. The molecule has 0 saturated heterocycles. The summed E-state index contributed by atoms with van der Waals surface area (Å²) in [6, 6.07) is 0. The molecule has 10 heavy (non-hydrogen) atoms. The van der Waals surface area contributed by atoms with E-state index in [1.165, 1.54) is 0 Å². The molecule has 0 aliphatic carbocycles. The van der Waals surface area contributed by atoms with E-state index < -0.39 is 11.9 Å². The van der Waals surface area contributed by atoms with Gasteiger partial charge in [0.25, 0.3) is 0 Å². The van der Waals surface area contributed by atoms with Crippen LogP contribution < -0.4 is 15.9 Å². The fourth-order valence-electron chi connectivity index (χ4n) is 0. The standard InChI is InChI=1S/C2H5NO2.C2H4O2.Pd/c3-1-2(4)5;1-2(3)4;/h1,3H2,(H,4,5);1H3,(H,3,4);/q;;+2/p-2. The van der Waals surface area contributed by atoms with Gasteiger partial charge in [0.1, 0.15) is 0 Å². The van der Waals surface area contributed by atoms with Crippen LogP contribution in [0, 0.1) is 0 Å². The van der Waals surface area contributed by atoms with E-state index in [0.29, 0.717) is 0 Å². The Hall–Kier alpha value is -0.438. The fraction of sp³-hybridized carbons (Fsp3) is 0.500. The van der Waals surface area contributed by atoms with Crippen LogP contribution in [0.5, 0.6) is 0 Å². The second-order valence-electron chi connectivity index (χ2n) is 1.07. The van der Waals surface area contributed by atoms with Crippen LogP contribution in [0.25, 0.3) is 0 Å². The van der Waals surface area contributed by atoms with Gasteiger partial charge in [0, 0.05) is 12.5 Å². The van der Waals surface area contributed by atoms with Crippen molar-refractivity contribution >= 4 is 11.9 Å². The molecular formula is C4H7NO4Pd. The number of carbonyl (C=O) groups is 2. The average Bonchev–Trinajstić information content (AvgIpc) is 1.65. The van der Waals surface area contributed by atoms with Gasteiger partial charge in [0.15, 0.2) is 0 Å². The Morgan fingerprint density at radius 3 is 1.50 bits per heavy atom. The van der Waals surface area contributed by atoms with Gasteiger partial charge in [-0.05, 0) is 6.92 Å². The molecule has 0 fully saturated rings. The minimum absolute atomic E-state index is 0. The maximum absolute atomic E-state index is 9.13. The average molecular weight is 240 g/mol. The molecule has 0 bridgehead atoms. The van der Waals surface area contributed by atoms with Crippen LogP contribution in [-0.2, 0) is 30.0 Å². The van der Waals surface area contributed by atoms with Crippen molar-refractivity contribution < 1.29 is 40.2 Å². The maximum atomic E-state index is 9.13. The Morgan fingerprint density at radius 1 is 1.40 bits per heavy atom. The molecule has 0 aliphatic rings. The summed E-state index contributed by atoms with van der Waals surface area (Å²) < 4.78 is 0. The van der Waals surface area contributed by atoms with E-state index >= 15 is 0 Å². The summed E-state index contributed by atoms with van der Waals surface area (Å²) in [7, 11) is 0. The van der Waals surface area contributed by atoms with E-state index in [2.05, 4.69) is 5.73 Å². The van der Waals surface area contributed by atoms with Crippen molar-refractivity contribution in [3.63, 3.8) is 0 Å². The number of hydrogen-bond acceptors (Lipinski definition) is 5. The van der Waals surface area contributed by atoms with E-state index in [9.17, 15) is 0 Å². The third-order valence-corrected chi connectivity index (χ3v) is 0.167. The number of hydrogen-bond donors (Lipinski definition) is 1. The van der Waals surface area contributed by atoms with E-state index in [1.807, 2.05) is 0 Å². The first kappa shape index (κ1) is 16.3. The normalized spacial score (nSPS) is 6.20. The number of aliphatic carboxylic acids is 2. The van der Waals surface area contributed by atoms with Gasteiger partial charge in [-0.2, -0.15) is 0 Å². The van der Waals surface area contributed by atoms with Gasteiger partial charge < -0.3 is 25.5 Å². The van der Waals surface area contributed by atoms with Gasteiger partial charge in [0.05, 0.1) is 5.97 Å². The van der Waals surface area contributed by atoms with Crippen molar-refractivity contribution in [1.29, 1.82) is 0 Å². The number of nitrogens with two attached hydrogens (primary N) is 1. The van der Waals surface area contributed by atoms with Gasteiger partial charge in [0.2, 0.25) is 0 Å². The number of rotatable bonds is 1. The molecule has 5 nitrogen and oxygen atoms in total. The van der Waals surface area contributed by atoms with Crippen LogP contribution in [0.1, 0.15) is 6.92 Å². The van der Waals surface area contributed by atoms with E-state index in [4.69, 9.17) is 19.8 Å². The summed E-state index contributed by atoms with van der Waals surface area (Å²) in [6.07, 6.45) is 0. The molecule has 0 heterocycles. The molecule has 62 valence electrons. The van der Waals surface area contributed by atoms with Crippen LogP contribution in [0.4, 0.5) is 0 Å². The van der Waals surface area contributed by atoms with Crippen molar-refractivity contribution in [3.8, 4) is 0 Å². The molecule has 0 spiro atoms. The topological polar surface area (TPSA) is 106 Å². The summed E-state index contributed by atoms with van der Waals surface area (Å²) in [5.41, 5.74) is 4.51. The molecule has 0 aromatic heterocycles. The molecule has 6 heteroatoms. The molecule has 0 aliphatic heterocycles. The number of carbonyl (C=O) groups excluding carboxylic acids is 2. The van der Waals surface area contributed by atoms with E-state index in [1.54, 1.807) is 0 Å². The van der Waals surface area contributed by atoms with E-state index in [0.717, 1.165) is 6.92 Å². The van der Waals surface area contributed by atoms with Gasteiger partial charge in [-0.1, -0.05) is 0 Å². The van der Waals surface area contributed by atoms with Gasteiger partial charge in [-0.25, -0.2) is 0 Å². The summed E-state index contributed by atoms with van der Waals surface area (Å²) in [4.78, 5) is 18.0. The van der Waals surface area contributed by atoms with Gasteiger partial charge >= 0.3 is 20.4 Å². The Morgan fingerprint density at radius 2 is 1.50 bits per heavy atom. The van der Waals surface area contributed by atoms with Crippen LogP contribution >= 0.6 is 0 Å². The Labute approximate surface area is 71.9 Å². The van der Waals surface area contributed by atoms with Crippen molar-refractivity contribution in [3.05, 3.63) is 0 Å². The zero-order valence-electron chi connectivity index (χ0n) is 5.23. The van der Waals surface area contributed by atoms with Gasteiger partial charge in [-0.15, -0.1) is 0 Å². The Bertz CT molecular complexity index is 101. The van der Waals surface area contributed by atoms with Crippen molar-refractivity contribution in [1.82, 2.24) is 0 Å². The van der Waals surface area contributed by atoms with Crippen molar-refractivity contribution in [2.45, 2.75) is 6.92 Å². The molecular weight excluding hydrogens is 232 g/mol. The predicted molar refractivity (Wildman–Crippen MR) is 24.7 cm³/mol. The molecule has 0 amide bonds. The van der Waals surface area contributed by atoms with Crippen molar-refractivity contribution in [2.75, 3.05) is 6.54 Å². The van der Waals surface area contributed by atoms with Crippen LogP contribution in [0.15, 0.2) is 0 Å². The molecule has 2 N–H and O–H groups in total. The summed E-state index contributed by atoms with van der Waals surface area (Å²) in [5, 5.41) is 18.0. The molecule has 0 aromatic carbocycles. The molecule has 0 rings (SSSR count). The largest absolute Gasteiger partial charge is 2.00 e. The first-order chi connectivity index (χ1) is 4.00. The van der Waals surface area contributed by atoms with Crippen LogP contribution in [0.3, 0.4) is 0 Å². The fourth-order valence-corrected chi connectivity index (χ4v) is 0. The maximum Gasteiger partial charge on any atom is 2.00 e. The van der Waals surface area contributed by atoms with E-state index in [-0.39, 0.29) is 27.0 Å². The monoisotopic (exact) mass is 239 g/mol. The number of carboxylic acid groups (broad SMARTS) is 2. The minimum Gasteiger partial charge on any atom is -0.550 e. The molecule has 0 atom stereocenters. The molecule has 0 unspecified atom stereocenters. The SMILES string of the molecule is CC(=O)[O-].NCC(=O)[O-].[Pd+2]. The van der Waals surface area contributed by atoms with Gasteiger partial charge in [-0.3, -0.25) is 0 Å².